The van der Waals surface area contributed by atoms with Gasteiger partial charge in [-0.2, -0.15) is 0 Å². The molecule has 0 aliphatic heterocycles. The molecule has 0 aromatic carbocycles. The van der Waals surface area contributed by atoms with Gasteiger partial charge in [0.15, 0.2) is 0 Å². The summed E-state index contributed by atoms with van der Waals surface area (Å²) in [4.78, 5) is 23.3. The minimum Gasteiger partial charge on any atom is -0.481 e. The Morgan fingerprint density at radius 2 is 2.05 bits per heavy atom. The first-order valence-corrected chi connectivity index (χ1v) is 6.07. The molecular weight excluding hydrogens is 250 g/mol. The number of hydrogen-bond donors (Lipinski definition) is 2. The van der Waals surface area contributed by atoms with Gasteiger partial charge in [-0.1, -0.05) is 0 Å². The van der Waals surface area contributed by atoms with E-state index in [2.05, 4.69) is 0 Å². The van der Waals surface area contributed by atoms with E-state index in [-0.39, 0.29) is 13.0 Å². The first kappa shape index (κ1) is 15.2. The van der Waals surface area contributed by atoms with Crippen LogP contribution < -0.4 is 0 Å². The summed E-state index contributed by atoms with van der Waals surface area (Å²) in [5.74, 6) is -1.38. The van der Waals surface area contributed by atoms with Crippen LogP contribution in [0.1, 0.15) is 17.9 Å². The first-order chi connectivity index (χ1) is 8.88. The summed E-state index contributed by atoms with van der Waals surface area (Å²) in [6, 6.07) is 3.76. The number of furan rings is 1. The van der Waals surface area contributed by atoms with Crippen molar-refractivity contribution in [2.24, 2.45) is 5.92 Å². The van der Waals surface area contributed by atoms with Gasteiger partial charge < -0.3 is 19.5 Å². The van der Waals surface area contributed by atoms with Gasteiger partial charge in [-0.25, -0.2) is 0 Å². The Kier molecular flexibility index (Phi) is 5.57. The molecule has 6 heteroatoms. The zero-order valence-corrected chi connectivity index (χ0v) is 11.1. The number of nitrogens with zero attached hydrogens (tertiary/aromatic N) is 1. The third-order valence-electron chi connectivity index (χ3n) is 2.84. The van der Waals surface area contributed by atoms with Crippen LogP contribution in [0.15, 0.2) is 16.5 Å². The van der Waals surface area contributed by atoms with Gasteiger partial charge >= 0.3 is 11.9 Å². The highest BCUT2D eigenvalue weighted by atomic mass is 16.4. The first-order valence-electron chi connectivity index (χ1n) is 6.07. The van der Waals surface area contributed by atoms with Crippen molar-refractivity contribution in [2.75, 3.05) is 20.1 Å². The van der Waals surface area contributed by atoms with Gasteiger partial charge in [-0.15, -0.1) is 0 Å². The molecule has 6 nitrogen and oxygen atoms in total. The second-order valence-electron chi connectivity index (χ2n) is 4.66. The van der Waals surface area contributed by atoms with Gasteiger partial charge in [-0.05, 0) is 26.1 Å². The Balaban J connectivity index is 2.41. The van der Waals surface area contributed by atoms with E-state index < -0.39 is 17.9 Å². The molecular formula is C13H19NO5. The van der Waals surface area contributed by atoms with E-state index in [1.807, 2.05) is 19.1 Å². The fourth-order valence-corrected chi connectivity index (χ4v) is 1.83. The Labute approximate surface area is 111 Å². The number of likely N-dealkylation sites (N-methyl/N-ethyl adjacent to an activating group) is 1. The number of carbonyl (C=O) groups is 2. The molecule has 0 saturated carbocycles. The monoisotopic (exact) mass is 269 g/mol. The van der Waals surface area contributed by atoms with Crippen molar-refractivity contribution in [3.8, 4) is 0 Å². The number of carboxylic acids is 2. The molecule has 1 aromatic heterocycles. The molecule has 1 aromatic rings. The predicted octanol–water partition coefficient (Wildman–Crippen LogP) is 1.24. The third-order valence-corrected chi connectivity index (χ3v) is 2.84. The molecule has 0 radical (unpaired) electrons. The summed E-state index contributed by atoms with van der Waals surface area (Å²) in [6.07, 6.45) is 0.309. The van der Waals surface area contributed by atoms with Gasteiger partial charge in [0, 0.05) is 19.5 Å². The number of carboxylic acid groups (broad SMARTS) is 2. The molecule has 0 amide bonds. The van der Waals surface area contributed by atoms with Crippen LogP contribution in [0, 0.1) is 12.8 Å². The molecule has 0 saturated heterocycles. The van der Waals surface area contributed by atoms with Crippen LogP contribution in [0.25, 0.3) is 0 Å². The number of aryl methyl sites for hydroxylation is 1. The number of rotatable bonds is 8. The van der Waals surface area contributed by atoms with E-state index in [0.717, 1.165) is 11.5 Å². The molecule has 1 atom stereocenters. The summed E-state index contributed by atoms with van der Waals surface area (Å²) >= 11 is 0. The highest BCUT2D eigenvalue weighted by Crippen LogP contribution is 2.09. The lowest BCUT2D eigenvalue weighted by Gasteiger charge is -2.19. The van der Waals surface area contributed by atoms with Crippen molar-refractivity contribution in [2.45, 2.75) is 19.8 Å². The second-order valence-corrected chi connectivity index (χ2v) is 4.66. The molecule has 0 aliphatic rings. The Hall–Kier alpha value is -1.82. The fraction of sp³-hybridized carbons (Fsp3) is 0.538. The van der Waals surface area contributed by atoms with E-state index in [4.69, 9.17) is 14.6 Å². The summed E-state index contributed by atoms with van der Waals surface area (Å²) < 4.78 is 5.41. The standard InChI is InChI=1S/C13H19NO5/c1-9-3-4-11(19-9)5-6-14(2)8-10(13(17)18)7-12(15)16/h3-4,10H,5-8H2,1-2H3,(H,15,16)(H,17,18). The van der Waals surface area contributed by atoms with Crippen molar-refractivity contribution < 1.29 is 24.2 Å². The molecule has 106 valence electrons. The highest BCUT2D eigenvalue weighted by Gasteiger charge is 2.22. The van der Waals surface area contributed by atoms with Gasteiger partial charge in [0.1, 0.15) is 11.5 Å². The van der Waals surface area contributed by atoms with E-state index in [9.17, 15) is 9.59 Å². The average molecular weight is 269 g/mol. The fourth-order valence-electron chi connectivity index (χ4n) is 1.83. The van der Waals surface area contributed by atoms with E-state index in [1.165, 1.54) is 0 Å². The van der Waals surface area contributed by atoms with Crippen LogP contribution in [0.2, 0.25) is 0 Å². The van der Waals surface area contributed by atoms with Crippen LogP contribution in [-0.4, -0.2) is 47.2 Å². The van der Waals surface area contributed by atoms with Crippen LogP contribution in [-0.2, 0) is 16.0 Å². The molecule has 0 bridgehead atoms. The predicted molar refractivity (Wildman–Crippen MR) is 68.0 cm³/mol. The van der Waals surface area contributed by atoms with E-state index in [1.54, 1.807) is 11.9 Å². The zero-order valence-electron chi connectivity index (χ0n) is 11.1. The lowest BCUT2D eigenvalue weighted by atomic mass is 10.1. The molecule has 1 rings (SSSR count). The summed E-state index contributed by atoms with van der Waals surface area (Å²) in [5.41, 5.74) is 0. The van der Waals surface area contributed by atoms with Crippen molar-refractivity contribution >= 4 is 11.9 Å². The largest absolute Gasteiger partial charge is 0.481 e. The molecule has 1 unspecified atom stereocenters. The maximum absolute atomic E-state index is 10.9. The highest BCUT2D eigenvalue weighted by molar-refractivity contribution is 5.77. The molecule has 1 heterocycles. The van der Waals surface area contributed by atoms with Crippen molar-refractivity contribution in [1.82, 2.24) is 4.90 Å². The Bertz CT molecular complexity index is 440. The maximum Gasteiger partial charge on any atom is 0.308 e. The lowest BCUT2D eigenvalue weighted by Crippen LogP contribution is -2.33. The minimum atomic E-state index is -1.09. The van der Waals surface area contributed by atoms with Gasteiger partial charge in [0.05, 0.1) is 12.3 Å². The SMILES string of the molecule is Cc1ccc(CCN(C)CC(CC(=O)O)C(=O)O)o1. The smallest absolute Gasteiger partial charge is 0.308 e. The Morgan fingerprint density at radius 3 is 2.53 bits per heavy atom. The van der Waals surface area contributed by atoms with Crippen molar-refractivity contribution in [1.29, 1.82) is 0 Å². The van der Waals surface area contributed by atoms with Gasteiger partial charge in [0.25, 0.3) is 0 Å². The number of hydrogen-bond acceptors (Lipinski definition) is 4. The molecule has 2 N–H and O–H groups in total. The maximum atomic E-state index is 10.9. The zero-order chi connectivity index (χ0) is 14.4. The summed E-state index contributed by atoms with van der Waals surface area (Å²) in [5, 5.41) is 17.6. The minimum absolute atomic E-state index is 0.210. The molecule has 19 heavy (non-hydrogen) atoms. The number of aliphatic carboxylic acids is 2. The molecule has 0 spiro atoms. The Morgan fingerprint density at radius 1 is 1.37 bits per heavy atom. The van der Waals surface area contributed by atoms with Crippen molar-refractivity contribution in [3.63, 3.8) is 0 Å². The lowest BCUT2D eigenvalue weighted by molar-refractivity contribution is -0.148. The topological polar surface area (TPSA) is 91.0 Å². The second kappa shape index (κ2) is 6.94. The van der Waals surface area contributed by atoms with Gasteiger partial charge in [-0.3, -0.25) is 9.59 Å². The third kappa shape index (κ3) is 5.56. The van der Waals surface area contributed by atoms with Crippen LogP contribution in [0.3, 0.4) is 0 Å². The van der Waals surface area contributed by atoms with E-state index in [0.29, 0.717) is 13.0 Å². The summed E-state index contributed by atoms with van der Waals surface area (Å²) in [6.45, 7) is 2.69. The molecule has 0 aliphatic carbocycles. The van der Waals surface area contributed by atoms with Crippen LogP contribution in [0.4, 0.5) is 0 Å². The van der Waals surface area contributed by atoms with Crippen molar-refractivity contribution in [3.05, 3.63) is 23.7 Å². The van der Waals surface area contributed by atoms with Gasteiger partial charge in [0.2, 0.25) is 0 Å². The van der Waals surface area contributed by atoms with Crippen LogP contribution in [0.5, 0.6) is 0 Å². The van der Waals surface area contributed by atoms with Crippen LogP contribution >= 0.6 is 0 Å². The summed E-state index contributed by atoms with van der Waals surface area (Å²) in [7, 11) is 1.77. The van der Waals surface area contributed by atoms with E-state index >= 15 is 0 Å². The molecule has 0 fully saturated rings. The average Bonchev–Trinajstić information content (AvgIpc) is 2.71. The quantitative estimate of drug-likeness (QED) is 0.737. The normalized spacial score (nSPS) is 12.6.